The Hall–Kier alpha value is -4.08. The number of benzene rings is 3. The second-order valence-electron chi connectivity index (χ2n) is 7.80. The van der Waals surface area contributed by atoms with Gasteiger partial charge in [-0.05, 0) is 73.0 Å². The molecule has 0 aliphatic carbocycles. The number of anilines is 2. The lowest BCUT2D eigenvalue weighted by atomic mass is 10.1. The SMILES string of the molecule is COc1cc(/C=N\NC(=O)C(=O)Nc2cccc(Cl)c2Cl)ccc1OCC(=O)Nc1ccc(C)c(C)c1. The summed E-state index contributed by atoms with van der Waals surface area (Å²) in [5.74, 6) is -1.61. The van der Waals surface area contributed by atoms with Crippen LogP contribution in [0.15, 0.2) is 59.7 Å². The number of ether oxygens (including phenoxy) is 2. The van der Waals surface area contributed by atoms with Crippen molar-refractivity contribution in [2.75, 3.05) is 24.4 Å². The van der Waals surface area contributed by atoms with Crippen LogP contribution in [0.1, 0.15) is 16.7 Å². The number of rotatable bonds is 8. The Morgan fingerprint density at radius 2 is 1.70 bits per heavy atom. The number of carbonyl (C=O) groups is 3. The largest absolute Gasteiger partial charge is 0.493 e. The summed E-state index contributed by atoms with van der Waals surface area (Å²) in [7, 11) is 1.45. The number of nitrogens with zero attached hydrogens (tertiary/aromatic N) is 1. The molecule has 0 unspecified atom stereocenters. The Kier molecular flexibility index (Phi) is 9.48. The van der Waals surface area contributed by atoms with E-state index in [9.17, 15) is 14.4 Å². The number of nitrogens with one attached hydrogen (secondary N) is 3. The molecule has 0 atom stereocenters. The van der Waals surface area contributed by atoms with Crippen molar-refractivity contribution in [3.63, 3.8) is 0 Å². The van der Waals surface area contributed by atoms with Crippen LogP contribution in [-0.4, -0.2) is 37.7 Å². The topological polar surface area (TPSA) is 118 Å². The summed E-state index contributed by atoms with van der Waals surface area (Å²) < 4.78 is 10.9. The van der Waals surface area contributed by atoms with E-state index in [0.717, 1.165) is 11.1 Å². The lowest BCUT2D eigenvalue weighted by molar-refractivity contribution is -0.136. The molecule has 0 spiro atoms. The normalized spacial score (nSPS) is 10.6. The molecule has 0 fully saturated rings. The minimum absolute atomic E-state index is 0.117. The number of aryl methyl sites for hydroxylation is 2. The summed E-state index contributed by atoms with van der Waals surface area (Å²) in [5, 5.41) is 9.28. The third kappa shape index (κ3) is 7.70. The monoisotopic (exact) mass is 542 g/mol. The van der Waals surface area contributed by atoms with Crippen LogP contribution < -0.4 is 25.5 Å². The molecule has 0 saturated heterocycles. The summed E-state index contributed by atoms with van der Waals surface area (Å²) in [5.41, 5.74) is 5.75. The van der Waals surface area contributed by atoms with E-state index >= 15 is 0 Å². The van der Waals surface area contributed by atoms with Gasteiger partial charge >= 0.3 is 11.8 Å². The number of amides is 3. The Morgan fingerprint density at radius 3 is 2.43 bits per heavy atom. The molecule has 0 aromatic heterocycles. The first kappa shape index (κ1) is 27.5. The Morgan fingerprint density at radius 1 is 0.919 bits per heavy atom. The van der Waals surface area contributed by atoms with E-state index < -0.39 is 11.8 Å². The predicted molar refractivity (Wildman–Crippen MR) is 144 cm³/mol. The minimum atomic E-state index is -1.01. The van der Waals surface area contributed by atoms with Gasteiger partial charge in [0.15, 0.2) is 18.1 Å². The van der Waals surface area contributed by atoms with Crippen molar-refractivity contribution in [1.29, 1.82) is 0 Å². The van der Waals surface area contributed by atoms with E-state index in [1.54, 1.807) is 30.3 Å². The molecule has 9 nitrogen and oxygen atoms in total. The second-order valence-corrected chi connectivity index (χ2v) is 8.59. The van der Waals surface area contributed by atoms with E-state index in [1.807, 2.05) is 32.0 Å². The molecule has 3 N–H and O–H groups in total. The van der Waals surface area contributed by atoms with Crippen molar-refractivity contribution in [3.8, 4) is 11.5 Å². The van der Waals surface area contributed by atoms with Gasteiger partial charge in [-0.1, -0.05) is 35.3 Å². The van der Waals surface area contributed by atoms with E-state index in [0.29, 0.717) is 22.7 Å². The van der Waals surface area contributed by atoms with Gasteiger partial charge in [-0.3, -0.25) is 14.4 Å². The van der Waals surface area contributed by atoms with E-state index in [4.69, 9.17) is 32.7 Å². The first-order valence-corrected chi connectivity index (χ1v) is 11.7. The average molecular weight is 543 g/mol. The summed E-state index contributed by atoms with van der Waals surface area (Å²) in [6.07, 6.45) is 1.32. The first-order valence-electron chi connectivity index (χ1n) is 10.9. The molecule has 0 bridgehead atoms. The fourth-order valence-electron chi connectivity index (χ4n) is 3.04. The van der Waals surface area contributed by atoms with Gasteiger partial charge in [0.05, 0.1) is 29.1 Å². The Balaban J connectivity index is 1.54. The summed E-state index contributed by atoms with van der Waals surface area (Å²) >= 11 is 11.9. The summed E-state index contributed by atoms with van der Waals surface area (Å²) in [6.45, 7) is 3.74. The minimum Gasteiger partial charge on any atom is -0.493 e. The van der Waals surface area contributed by atoms with Crippen LogP contribution in [-0.2, 0) is 14.4 Å². The van der Waals surface area contributed by atoms with Crippen LogP contribution in [0.3, 0.4) is 0 Å². The van der Waals surface area contributed by atoms with E-state index in [1.165, 1.54) is 19.4 Å². The Labute approximate surface area is 223 Å². The van der Waals surface area contributed by atoms with Crippen molar-refractivity contribution < 1.29 is 23.9 Å². The zero-order valence-electron chi connectivity index (χ0n) is 20.2. The van der Waals surface area contributed by atoms with E-state index in [-0.39, 0.29) is 28.2 Å². The molecular weight excluding hydrogens is 519 g/mol. The van der Waals surface area contributed by atoms with Crippen LogP contribution in [0.5, 0.6) is 11.5 Å². The van der Waals surface area contributed by atoms with Crippen molar-refractivity contribution >= 4 is 58.5 Å². The molecule has 0 radical (unpaired) electrons. The fraction of sp³-hybridized carbons (Fsp3) is 0.154. The quantitative estimate of drug-likeness (QED) is 0.216. The van der Waals surface area contributed by atoms with Crippen LogP contribution in [0.25, 0.3) is 0 Å². The van der Waals surface area contributed by atoms with Gasteiger partial charge in [0.1, 0.15) is 0 Å². The molecule has 192 valence electrons. The van der Waals surface area contributed by atoms with Gasteiger partial charge in [-0.15, -0.1) is 0 Å². The van der Waals surface area contributed by atoms with Crippen molar-refractivity contribution in [2.45, 2.75) is 13.8 Å². The molecule has 0 aliphatic heterocycles. The standard InChI is InChI=1S/C26H24Cl2N4O5/c1-15-7-9-18(11-16(15)2)30-23(33)14-37-21-10-8-17(12-22(21)36-3)13-29-32-26(35)25(34)31-20-6-4-5-19(27)24(20)28/h4-13H,14H2,1-3H3,(H,30,33)(H,31,34)(H,32,35)/b29-13-. The summed E-state index contributed by atoms with van der Waals surface area (Å²) in [4.78, 5) is 36.4. The smallest absolute Gasteiger partial charge is 0.329 e. The highest BCUT2D eigenvalue weighted by molar-refractivity contribution is 6.45. The van der Waals surface area contributed by atoms with Crippen LogP contribution >= 0.6 is 23.2 Å². The highest BCUT2D eigenvalue weighted by Crippen LogP contribution is 2.29. The van der Waals surface area contributed by atoms with Crippen LogP contribution in [0.2, 0.25) is 10.0 Å². The molecule has 0 heterocycles. The summed E-state index contributed by atoms with van der Waals surface area (Å²) in [6, 6.07) is 15.1. The maximum Gasteiger partial charge on any atom is 0.329 e. The third-order valence-corrected chi connectivity index (χ3v) is 5.94. The number of hydrogen-bond acceptors (Lipinski definition) is 6. The number of carbonyl (C=O) groups excluding carboxylic acids is 3. The molecular formula is C26H24Cl2N4O5. The molecule has 3 aromatic rings. The molecule has 0 saturated carbocycles. The van der Waals surface area contributed by atoms with Crippen molar-refractivity contribution in [3.05, 3.63) is 81.3 Å². The van der Waals surface area contributed by atoms with Gasteiger partial charge in [-0.2, -0.15) is 5.10 Å². The molecule has 3 amide bonds. The zero-order chi connectivity index (χ0) is 26.9. The number of hydrogen-bond donors (Lipinski definition) is 3. The second kappa shape index (κ2) is 12.8. The van der Waals surface area contributed by atoms with E-state index in [2.05, 4.69) is 21.2 Å². The van der Waals surface area contributed by atoms with Gasteiger partial charge in [0.25, 0.3) is 5.91 Å². The molecule has 11 heteroatoms. The molecule has 3 rings (SSSR count). The predicted octanol–water partition coefficient (Wildman–Crippen LogP) is 4.73. The van der Waals surface area contributed by atoms with Gasteiger partial charge < -0.3 is 20.1 Å². The maximum absolute atomic E-state index is 12.3. The number of methoxy groups -OCH3 is 1. The zero-order valence-corrected chi connectivity index (χ0v) is 21.7. The van der Waals surface area contributed by atoms with Gasteiger partial charge in [0, 0.05) is 5.69 Å². The fourth-order valence-corrected chi connectivity index (χ4v) is 3.39. The third-order valence-electron chi connectivity index (χ3n) is 5.12. The highest BCUT2D eigenvalue weighted by Gasteiger charge is 2.15. The van der Waals surface area contributed by atoms with Crippen LogP contribution in [0.4, 0.5) is 11.4 Å². The van der Waals surface area contributed by atoms with Gasteiger partial charge in [-0.25, -0.2) is 5.43 Å². The Bertz CT molecular complexity index is 1360. The maximum atomic E-state index is 12.3. The molecule has 0 aliphatic rings. The molecule has 3 aromatic carbocycles. The van der Waals surface area contributed by atoms with Gasteiger partial charge in [0.2, 0.25) is 0 Å². The van der Waals surface area contributed by atoms with Crippen molar-refractivity contribution in [2.24, 2.45) is 5.10 Å². The lowest BCUT2D eigenvalue weighted by Gasteiger charge is -2.12. The van der Waals surface area contributed by atoms with Crippen LogP contribution in [0, 0.1) is 13.8 Å². The lowest BCUT2D eigenvalue weighted by Crippen LogP contribution is -2.32. The van der Waals surface area contributed by atoms with Crippen molar-refractivity contribution in [1.82, 2.24) is 5.43 Å². The highest BCUT2D eigenvalue weighted by atomic mass is 35.5. The molecule has 37 heavy (non-hydrogen) atoms. The number of halogens is 2. The average Bonchev–Trinajstić information content (AvgIpc) is 2.87. The number of hydrazone groups is 1. The first-order chi connectivity index (χ1) is 17.7.